The predicted molar refractivity (Wildman–Crippen MR) is 64.4 cm³/mol. The Morgan fingerprint density at radius 3 is 2.89 bits per heavy atom. The number of hydrogen-bond acceptors (Lipinski definition) is 6. The highest BCUT2D eigenvalue weighted by Gasteiger charge is 2.21. The standard InChI is InChI=1S/C10H7ClN4O4/c1-19-10(16)9-12-5-14(13-9)8-6(11)3-2-4-7(8)15(17)18/h2-5H,1H3. The van der Waals surface area contributed by atoms with Crippen molar-refractivity contribution in [3.05, 3.63) is 45.5 Å². The molecule has 1 heterocycles. The maximum Gasteiger partial charge on any atom is 0.377 e. The van der Waals surface area contributed by atoms with Crippen LogP contribution >= 0.6 is 11.6 Å². The Bertz CT molecular complexity index is 655. The number of nitro groups is 1. The normalized spacial score (nSPS) is 10.2. The SMILES string of the molecule is COC(=O)c1ncn(-c2c(Cl)cccc2[N+](=O)[O-])n1. The third-order valence-corrected chi connectivity index (χ3v) is 2.56. The molecule has 98 valence electrons. The Balaban J connectivity index is 2.56. The number of carbonyl (C=O) groups excluding carboxylic acids is 1. The highest BCUT2D eigenvalue weighted by atomic mass is 35.5. The summed E-state index contributed by atoms with van der Waals surface area (Å²) in [5, 5.41) is 14.9. The van der Waals surface area contributed by atoms with Gasteiger partial charge in [0.2, 0.25) is 0 Å². The second kappa shape index (κ2) is 5.02. The van der Waals surface area contributed by atoms with Gasteiger partial charge in [-0.2, -0.15) is 0 Å². The molecule has 0 amide bonds. The molecule has 0 aliphatic heterocycles. The number of aromatic nitrogens is 3. The number of nitrogens with zero attached hydrogens (tertiary/aromatic N) is 4. The largest absolute Gasteiger partial charge is 0.463 e. The summed E-state index contributed by atoms with van der Waals surface area (Å²) in [6.07, 6.45) is 1.15. The number of para-hydroxylation sites is 1. The molecule has 9 heteroatoms. The minimum atomic E-state index is -0.742. The summed E-state index contributed by atoms with van der Waals surface area (Å²) in [5.74, 6) is -0.954. The first-order valence-electron chi connectivity index (χ1n) is 4.98. The van der Waals surface area contributed by atoms with Crippen LogP contribution < -0.4 is 0 Å². The molecule has 0 atom stereocenters. The summed E-state index contributed by atoms with van der Waals surface area (Å²) in [6, 6.07) is 4.20. The summed E-state index contributed by atoms with van der Waals surface area (Å²) in [5.41, 5.74) is -0.203. The quantitative estimate of drug-likeness (QED) is 0.482. The van der Waals surface area contributed by atoms with E-state index in [1.807, 2.05) is 0 Å². The van der Waals surface area contributed by atoms with Crippen LogP contribution in [0, 0.1) is 10.1 Å². The van der Waals surface area contributed by atoms with Gasteiger partial charge in [0, 0.05) is 6.07 Å². The van der Waals surface area contributed by atoms with Gasteiger partial charge in [-0.1, -0.05) is 17.7 Å². The molecule has 0 spiro atoms. The summed E-state index contributed by atoms with van der Waals surface area (Å²) in [7, 11) is 1.18. The Morgan fingerprint density at radius 1 is 1.53 bits per heavy atom. The average molecular weight is 283 g/mol. The molecule has 0 radical (unpaired) electrons. The monoisotopic (exact) mass is 282 g/mol. The van der Waals surface area contributed by atoms with Crippen molar-refractivity contribution >= 4 is 23.3 Å². The molecule has 0 fully saturated rings. The van der Waals surface area contributed by atoms with Gasteiger partial charge < -0.3 is 4.74 Å². The minimum Gasteiger partial charge on any atom is -0.463 e. The number of methoxy groups -OCH3 is 1. The van der Waals surface area contributed by atoms with Gasteiger partial charge in [-0.3, -0.25) is 10.1 Å². The van der Waals surface area contributed by atoms with Gasteiger partial charge in [0.05, 0.1) is 17.1 Å². The van der Waals surface area contributed by atoms with E-state index < -0.39 is 10.9 Å². The maximum atomic E-state index is 11.2. The number of benzene rings is 1. The van der Waals surface area contributed by atoms with Gasteiger partial charge in [-0.05, 0) is 6.07 Å². The smallest absolute Gasteiger partial charge is 0.377 e. The van der Waals surface area contributed by atoms with E-state index in [2.05, 4.69) is 14.8 Å². The lowest BCUT2D eigenvalue weighted by Gasteiger charge is -2.03. The Labute approximate surface area is 111 Å². The van der Waals surface area contributed by atoms with Crippen LogP contribution in [0.4, 0.5) is 5.69 Å². The lowest BCUT2D eigenvalue weighted by atomic mass is 10.3. The van der Waals surface area contributed by atoms with Gasteiger partial charge in [-0.15, -0.1) is 5.10 Å². The first-order chi connectivity index (χ1) is 9.04. The second-order valence-corrected chi connectivity index (χ2v) is 3.78. The summed E-state index contributed by atoms with van der Waals surface area (Å²) < 4.78 is 5.51. The van der Waals surface area contributed by atoms with E-state index in [9.17, 15) is 14.9 Å². The molecule has 2 rings (SSSR count). The van der Waals surface area contributed by atoms with E-state index in [0.717, 1.165) is 11.0 Å². The molecule has 0 N–H and O–H groups in total. The summed E-state index contributed by atoms with van der Waals surface area (Å²) in [6.45, 7) is 0. The predicted octanol–water partition coefficient (Wildman–Crippen LogP) is 1.62. The Hall–Kier alpha value is -2.48. The number of nitro benzene ring substituents is 1. The molecule has 0 saturated carbocycles. The van der Waals surface area contributed by atoms with Crippen molar-refractivity contribution in [1.29, 1.82) is 0 Å². The fraction of sp³-hybridized carbons (Fsp3) is 0.100. The van der Waals surface area contributed by atoms with Crippen molar-refractivity contribution in [3.63, 3.8) is 0 Å². The van der Waals surface area contributed by atoms with Gasteiger partial charge in [0.15, 0.2) is 5.69 Å². The Morgan fingerprint density at radius 2 is 2.26 bits per heavy atom. The van der Waals surface area contributed by atoms with Crippen molar-refractivity contribution in [2.24, 2.45) is 0 Å². The van der Waals surface area contributed by atoms with Crippen LogP contribution in [0.25, 0.3) is 5.69 Å². The molecule has 0 bridgehead atoms. The summed E-state index contributed by atoms with van der Waals surface area (Å²) in [4.78, 5) is 25.3. The van der Waals surface area contributed by atoms with Crippen LogP contribution in [-0.4, -0.2) is 32.8 Å². The maximum absolute atomic E-state index is 11.2. The number of esters is 1. The topological polar surface area (TPSA) is 100 Å². The molecule has 8 nitrogen and oxygen atoms in total. The van der Waals surface area contributed by atoms with Crippen molar-refractivity contribution in [1.82, 2.24) is 14.8 Å². The van der Waals surface area contributed by atoms with Gasteiger partial charge in [0.1, 0.15) is 6.33 Å². The van der Waals surface area contributed by atoms with Gasteiger partial charge >= 0.3 is 5.97 Å². The number of halogens is 1. The zero-order valence-electron chi connectivity index (χ0n) is 9.61. The van der Waals surface area contributed by atoms with Crippen LogP contribution in [0.5, 0.6) is 0 Å². The first-order valence-corrected chi connectivity index (χ1v) is 5.35. The Kier molecular flexibility index (Phi) is 3.43. The molecular formula is C10H7ClN4O4. The first kappa shape index (κ1) is 13.0. The van der Waals surface area contributed by atoms with Crippen molar-refractivity contribution in [2.75, 3.05) is 7.11 Å². The molecule has 0 unspecified atom stereocenters. The van der Waals surface area contributed by atoms with E-state index in [1.165, 1.54) is 25.3 Å². The second-order valence-electron chi connectivity index (χ2n) is 3.37. The lowest BCUT2D eigenvalue weighted by Crippen LogP contribution is -2.06. The van der Waals surface area contributed by atoms with Crippen molar-refractivity contribution in [3.8, 4) is 5.69 Å². The minimum absolute atomic E-state index is 0.0387. The third kappa shape index (κ3) is 2.38. The highest BCUT2D eigenvalue weighted by molar-refractivity contribution is 6.32. The number of ether oxygens (including phenoxy) is 1. The van der Waals surface area contributed by atoms with Crippen LogP contribution in [0.1, 0.15) is 10.6 Å². The molecule has 19 heavy (non-hydrogen) atoms. The molecule has 0 saturated heterocycles. The number of carbonyl (C=O) groups is 1. The lowest BCUT2D eigenvalue weighted by molar-refractivity contribution is -0.384. The van der Waals surface area contributed by atoms with E-state index in [0.29, 0.717) is 0 Å². The molecule has 1 aromatic heterocycles. The zero-order chi connectivity index (χ0) is 14.0. The van der Waals surface area contributed by atoms with E-state index in [1.54, 1.807) is 0 Å². The van der Waals surface area contributed by atoms with Crippen LogP contribution in [-0.2, 0) is 4.74 Å². The molecule has 2 aromatic rings. The fourth-order valence-corrected chi connectivity index (χ4v) is 1.69. The van der Waals surface area contributed by atoms with Crippen molar-refractivity contribution < 1.29 is 14.5 Å². The van der Waals surface area contributed by atoms with Gasteiger partial charge in [0.25, 0.3) is 11.5 Å². The van der Waals surface area contributed by atoms with Gasteiger partial charge in [-0.25, -0.2) is 14.5 Å². The summed E-state index contributed by atoms with van der Waals surface area (Å²) >= 11 is 5.92. The highest BCUT2D eigenvalue weighted by Crippen LogP contribution is 2.29. The van der Waals surface area contributed by atoms with Crippen molar-refractivity contribution in [2.45, 2.75) is 0 Å². The number of rotatable bonds is 3. The molecule has 0 aliphatic carbocycles. The third-order valence-electron chi connectivity index (χ3n) is 2.25. The number of hydrogen-bond donors (Lipinski definition) is 0. The fourth-order valence-electron chi connectivity index (χ4n) is 1.43. The molecule has 1 aromatic carbocycles. The van der Waals surface area contributed by atoms with Crippen LogP contribution in [0.2, 0.25) is 5.02 Å². The molecule has 0 aliphatic rings. The van der Waals surface area contributed by atoms with E-state index in [4.69, 9.17) is 11.6 Å². The van der Waals surface area contributed by atoms with E-state index in [-0.39, 0.29) is 22.2 Å². The van der Waals surface area contributed by atoms with Crippen LogP contribution in [0.15, 0.2) is 24.5 Å². The van der Waals surface area contributed by atoms with E-state index >= 15 is 0 Å². The molecular weight excluding hydrogens is 276 g/mol. The van der Waals surface area contributed by atoms with Crippen LogP contribution in [0.3, 0.4) is 0 Å². The average Bonchev–Trinajstić information content (AvgIpc) is 2.86. The zero-order valence-corrected chi connectivity index (χ0v) is 10.4.